The number of hydrogen-bond donors (Lipinski definition) is 1. The normalized spacial score (nSPS) is 20.0. The zero-order chi connectivity index (χ0) is 16.6. The van der Waals surface area contributed by atoms with Gasteiger partial charge in [0, 0.05) is 19.3 Å². The Labute approximate surface area is 142 Å². The minimum absolute atomic E-state index is 0.0486. The van der Waals surface area contributed by atoms with E-state index in [0.29, 0.717) is 27.8 Å². The predicted octanol–water partition coefficient (Wildman–Crippen LogP) is 1.35. The van der Waals surface area contributed by atoms with Crippen LogP contribution in [0.5, 0.6) is 0 Å². The van der Waals surface area contributed by atoms with E-state index in [9.17, 15) is 13.2 Å². The van der Waals surface area contributed by atoms with Crippen molar-refractivity contribution >= 4 is 50.3 Å². The third kappa shape index (κ3) is 3.78. The molecule has 1 aliphatic rings. The van der Waals surface area contributed by atoms with Crippen molar-refractivity contribution in [2.45, 2.75) is 17.6 Å². The quantitative estimate of drug-likeness (QED) is 0.811. The lowest BCUT2D eigenvalue weighted by atomic mass is 10.2. The van der Waals surface area contributed by atoms with Crippen LogP contribution in [0.25, 0.3) is 11.2 Å². The third-order valence-corrected chi connectivity index (χ3v) is 6.58. The maximum atomic E-state index is 12.2. The van der Waals surface area contributed by atoms with Crippen molar-refractivity contribution in [1.82, 2.24) is 19.9 Å². The number of amides is 1. The largest absolute Gasteiger partial charge is 0.341 e. The highest BCUT2D eigenvalue weighted by Gasteiger charge is 2.32. The van der Waals surface area contributed by atoms with Crippen molar-refractivity contribution in [2.24, 2.45) is 0 Å². The zero-order valence-electron chi connectivity index (χ0n) is 12.3. The summed E-state index contributed by atoms with van der Waals surface area (Å²) < 4.78 is 23.0. The average Bonchev–Trinajstić information content (AvgIpc) is 3.06. The summed E-state index contributed by atoms with van der Waals surface area (Å²) in [5.74, 6) is 0.259. The van der Waals surface area contributed by atoms with Gasteiger partial charge in [-0.1, -0.05) is 23.4 Å². The minimum atomic E-state index is -3.00. The first-order valence-electron chi connectivity index (χ1n) is 6.94. The number of thioether (sulfide) groups is 1. The molecule has 1 amide bonds. The monoisotopic (exact) mass is 374 g/mol. The molecule has 0 aliphatic carbocycles. The van der Waals surface area contributed by atoms with Crippen LogP contribution in [-0.2, 0) is 14.6 Å². The molecule has 0 unspecified atom stereocenters. The maximum absolute atomic E-state index is 12.2. The number of nitrogens with zero attached hydrogens (tertiary/aromatic N) is 3. The van der Waals surface area contributed by atoms with Crippen molar-refractivity contribution in [3.63, 3.8) is 0 Å². The molecule has 124 valence electrons. The van der Waals surface area contributed by atoms with Gasteiger partial charge in [-0.2, -0.15) is 0 Å². The summed E-state index contributed by atoms with van der Waals surface area (Å²) in [6, 6.07) is 1.49. The highest BCUT2D eigenvalue weighted by molar-refractivity contribution is 7.99. The molecule has 1 N–H and O–H groups in total. The Morgan fingerprint density at radius 2 is 2.35 bits per heavy atom. The summed E-state index contributed by atoms with van der Waals surface area (Å²) in [5, 5.41) is 1.09. The summed E-state index contributed by atoms with van der Waals surface area (Å²) >= 11 is 7.12. The Hall–Kier alpha value is -1.32. The third-order valence-electron chi connectivity index (χ3n) is 3.76. The second-order valence-corrected chi connectivity index (χ2v) is 9.05. The first kappa shape index (κ1) is 16.5. The van der Waals surface area contributed by atoms with E-state index in [-0.39, 0.29) is 29.2 Å². The second-order valence-electron chi connectivity index (χ2n) is 5.42. The molecule has 7 nitrogen and oxygen atoms in total. The van der Waals surface area contributed by atoms with Crippen molar-refractivity contribution < 1.29 is 13.2 Å². The fourth-order valence-electron chi connectivity index (χ4n) is 2.44. The number of nitrogens with one attached hydrogen (secondary N) is 1. The number of hydrogen-bond acceptors (Lipinski definition) is 6. The van der Waals surface area contributed by atoms with Gasteiger partial charge in [0.15, 0.2) is 20.6 Å². The highest BCUT2D eigenvalue weighted by Crippen LogP contribution is 2.22. The van der Waals surface area contributed by atoms with E-state index in [1.54, 1.807) is 13.1 Å². The van der Waals surface area contributed by atoms with Gasteiger partial charge in [0.2, 0.25) is 5.91 Å². The number of aromatic nitrogens is 3. The summed E-state index contributed by atoms with van der Waals surface area (Å²) in [5.41, 5.74) is 1.25. The molecular formula is C13H15ClN4O3S2. The van der Waals surface area contributed by atoms with Crippen LogP contribution in [0.4, 0.5) is 0 Å². The summed E-state index contributed by atoms with van der Waals surface area (Å²) in [6.07, 6.45) is 2.01. The predicted molar refractivity (Wildman–Crippen MR) is 89.5 cm³/mol. The molecule has 2 aromatic rings. The number of pyridine rings is 1. The molecular weight excluding hydrogens is 360 g/mol. The number of imidazole rings is 1. The Morgan fingerprint density at radius 3 is 3.04 bits per heavy atom. The number of aromatic amines is 1. The van der Waals surface area contributed by atoms with Crippen molar-refractivity contribution in [2.75, 3.05) is 24.3 Å². The van der Waals surface area contributed by atoms with Crippen LogP contribution >= 0.6 is 23.4 Å². The van der Waals surface area contributed by atoms with Crippen LogP contribution in [-0.4, -0.2) is 64.5 Å². The van der Waals surface area contributed by atoms with Gasteiger partial charge in [0.25, 0.3) is 0 Å². The van der Waals surface area contributed by atoms with Crippen LogP contribution in [0.15, 0.2) is 17.4 Å². The first-order chi connectivity index (χ1) is 10.8. The lowest BCUT2D eigenvalue weighted by Crippen LogP contribution is -2.38. The number of fused-ring (bicyclic) bond motifs is 1. The van der Waals surface area contributed by atoms with Gasteiger partial charge in [-0.05, 0) is 12.5 Å². The number of rotatable bonds is 4. The van der Waals surface area contributed by atoms with Gasteiger partial charge in [0.05, 0.1) is 27.8 Å². The number of sulfone groups is 1. The zero-order valence-corrected chi connectivity index (χ0v) is 14.7. The SMILES string of the molecule is CN(C(=O)CSc1nc2ncc(Cl)cc2[nH]1)[C@H]1CCS(=O)(=O)C1. The summed E-state index contributed by atoms with van der Waals surface area (Å²) in [4.78, 5) is 25.2. The molecule has 3 rings (SSSR count). The minimum Gasteiger partial charge on any atom is -0.341 e. The molecule has 1 atom stereocenters. The number of H-pyrrole nitrogens is 1. The van der Waals surface area contributed by atoms with E-state index in [2.05, 4.69) is 15.0 Å². The highest BCUT2D eigenvalue weighted by atomic mass is 35.5. The van der Waals surface area contributed by atoms with E-state index in [4.69, 9.17) is 11.6 Å². The van der Waals surface area contributed by atoms with E-state index in [0.717, 1.165) is 0 Å². The van der Waals surface area contributed by atoms with E-state index >= 15 is 0 Å². The second kappa shape index (κ2) is 6.29. The van der Waals surface area contributed by atoms with Crippen LogP contribution in [0.2, 0.25) is 5.02 Å². The van der Waals surface area contributed by atoms with Gasteiger partial charge < -0.3 is 9.88 Å². The van der Waals surface area contributed by atoms with Crippen LogP contribution in [0, 0.1) is 0 Å². The van der Waals surface area contributed by atoms with Gasteiger partial charge in [0.1, 0.15) is 0 Å². The Bertz CT molecular complexity index is 852. The fraction of sp³-hybridized carbons (Fsp3) is 0.462. The standard InChI is InChI=1S/C13H15ClN4O3S2/c1-18(9-2-3-23(20,21)7-9)11(19)6-22-13-16-10-4-8(14)5-15-12(10)17-13/h4-5,9H,2-3,6-7H2,1H3,(H,15,16,17)/t9-/m0/s1. The smallest absolute Gasteiger partial charge is 0.233 e. The lowest BCUT2D eigenvalue weighted by Gasteiger charge is -2.22. The average molecular weight is 375 g/mol. The summed E-state index contributed by atoms with van der Waals surface area (Å²) in [6.45, 7) is 0. The molecule has 0 spiro atoms. The Balaban J connectivity index is 1.61. The van der Waals surface area contributed by atoms with Gasteiger partial charge >= 0.3 is 0 Å². The summed E-state index contributed by atoms with van der Waals surface area (Å²) in [7, 11) is -1.36. The molecule has 2 aromatic heterocycles. The number of halogens is 1. The van der Waals surface area contributed by atoms with Gasteiger partial charge in [-0.3, -0.25) is 4.79 Å². The Kier molecular flexibility index (Phi) is 4.52. The molecule has 1 fully saturated rings. The number of carbonyl (C=O) groups is 1. The van der Waals surface area contributed by atoms with Crippen LogP contribution < -0.4 is 0 Å². The molecule has 10 heteroatoms. The molecule has 0 saturated carbocycles. The van der Waals surface area contributed by atoms with E-state index in [1.807, 2.05) is 0 Å². The molecule has 1 saturated heterocycles. The van der Waals surface area contributed by atoms with Crippen LogP contribution in [0.1, 0.15) is 6.42 Å². The fourth-order valence-corrected chi connectivity index (χ4v) is 5.17. The van der Waals surface area contributed by atoms with Crippen LogP contribution in [0.3, 0.4) is 0 Å². The topological polar surface area (TPSA) is 96.0 Å². The van der Waals surface area contributed by atoms with Crippen molar-refractivity contribution in [3.8, 4) is 0 Å². The van der Waals surface area contributed by atoms with Crippen molar-refractivity contribution in [1.29, 1.82) is 0 Å². The molecule has 0 bridgehead atoms. The maximum Gasteiger partial charge on any atom is 0.233 e. The van der Waals surface area contributed by atoms with E-state index < -0.39 is 9.84 Å². The van der Waals surface area contributed by atoms with Gasteiger partial charge in [-0.15, -0.1) is 0 Å². The lowest BCUT2D eigenvalue weighted by molar-refractivity contribution is -0.128. The Morgan fingerprint density at radius 1 is 1.57 bits per heavy atom. The molecule has 23 heavy (non-hydrogen) atoms. The molecule has 0 aromatic carbocycles. The molecule has 3 heterocycles. The number of carbonyl (C=O) groups excluding carboxylic acids is 1. The molecule has 1 aliphatic heterocycles. The first-order valence-corrected chi connectivity index (χ1v) is 10.1. The van der Waals surface area contributed by atoms with E-state index in [1.165, 1.54) is 22.9 Å². The van der Waals surface area contributed by atoms with Crippen molar-refractivity contribution in [3.05, 3.63) is 17.3 Å². The van der Waals surface area contributed by atoms with Gasteiger partial charge in [-0.25, -0.2) is 18.4 Å². The molecule has 0 radical (unpaired) electrons.